The van der Waals surface area contributed by atoms with Crippen molar-refractivity contribution in [2.24, 2.45) is 0 Å². The average molecular weight is 402 g/mol. The summed E-state index contributed by atoms with van der Waals surface area (Å²) < 4.78 is 5.64. The van der Waals surface area contributed by atoms with Crippen LogP contribution < -0.4 is 26.2 Å². The molecule has 1 saturated heterocycles. The van der Waals surface area contributed by atoms with Gasteiger partial charge in [0.2, 0.25) is 0 Å². The number of anilines is 2. The van der Waals surface area contributed by atoms with Crippen molar-refractivity contribution < 1.29 is 4.74 Å². The van der Waals surface area contributed by atoms with E-state index >= 15 is 0 Å². The van der Waals surface area contributed by atoms with Crippen LogP contribution in [0.25, 0.3) is 0 Å². The van der Waals surface area contributed by atoms with Gasteiger partial charge in [-0.1, -0.05) is 18.2 Å². The standard InChI is InChI=1S/C21H22N8O/c1-30-18-8-14(11-25-19-4-2-3-7-23-19)5-6-16(18)17-9-20(29-28-17)27-21-13-24-15(10-22)12-26-21/h2-8,12-13,17,20,28-29H,9,11H2,1H3,(H,23,25)(H,26,27). The van der Waals surface area contributed by atoms with Crippen LogP contribution in [0.5, 0.6) is 5.75 Å². The third-order valence-electron chi connectivity index (χ3n) is 4.80. The van der Waals surface area contributed by atoms with Crippen LogP contribution in [-0.2, 0) is 6.54 Å². The highest BCUT2D eigenvalue weighted by Gasteiger charge is 2.27. The van der Waals surface area contributed by atoms with Gasteiger partial charge in [-0.15, -0.1) is 0 Å². The number of hydrogen-bond acceptors (Lipinski definition) is 9. The van der Waals surface area contributed by atoms with Crippen LogP contribution in [0.15, 0.2) is 55.0 Å². The van der Waals surface area contributed by atoms with Crippen LogP contribution >= 0.6 is 0 Å². The van der Waals surface area contributed by atoms with E-state index in [0.29, 0.717) is 18.1 Å². The van der Waals surface area contributed by atoms with Crippen LogP contribution in [0.1, 0.15) is 29.3 Å². The Bertz CT molecular complexity index is 1020. The lowest BCUT2D eigenvalue weighted by molar-refractivity contribution is 0.401. The zero-order chi connectivity index (χ0) is 20.8. The molecule has 1 fully saturated rings. The monoisotopic (exact) mass is 402 g/mol. The fraction of sp³-hybridized carbons (Fsp3) is 0.238. The summed E-state index contributed by atoms with van der Waals surface area (Å²) in [6.07, 6.45) is 5.51. The topological polar surface area (TPSA) is 120 Å². The van der Waals surface area contributed by atoms with Gasteiger partial charge in [0.15, 0.2) is 5.69 Å². The zero-order valence-corrected chi connectivity index (χ0v) is 16.5. The van der Waals surface area contributed by atoms with Crippen molar-refractivity contribution in [3.63, 3.8) is 0 Å². The number of hydrazine groups is 1. The summed E-state index contributed by atoms with van der Waals surface area (Å²) in [6, 6.07) is 14.0. The molecule has 2 aromatic heterocycles. The maximum atomic E-state index is 8.82. The zero-order valence-electron chi connectivity index (χ0n) is 16.5. The van der Waals surface area contributed by atoms with E-state index in [2.05, 4.69) is 48.6 Å². The molecule has 1 aliphatic heterocycles. The molecule has 9 heteroatoms. The third kappa shape index (κ3) is 4.63. The van der Waals surface area contributed by atoms with Crippen molar-refractivity contribution in [3.05, 3.63) is 71.8 Å². The molecular weight excluding hydrogens is 380 g/mol. The largest absolute Gasteiger partial charge is 0.496 e. The number of methoxy groups -OCH3 is 1. The van der Waals surface area contributed by atoms with Crippen molar-refractivity contribution in [2.75, 3.05) is 17.7 Å². The lowest BCUT2D eigenvalue weighted by Gasteiger charge is -2.16. The Morgan fingerprint density at radius 1 is 1.13 bits per heavy atom. The molecular formula is C21H22N8O. The maximum absolute atomic E-state index is 8.82. The van der Waals surface area contributed by atoms with E-state index in [1.54, 1.807) is 19.5 Å². The summed E-state index contributed by atoms with van der Waals surface area (Å²) in [4.78, 5) is 12.5. The first-order valence-corrected chi connectivity index (χ1v) is 9.56. The van der Waals surface area contributed by atoms with Gasteiger partial charge >= 0.3 is 0 Å². The van der Waals surface area contributed by atoms with Crippen molar-refractivity contribution in [1.29, 1.82) is 5.26 Å². The number of nitriles is 1. The number of ether oxygens (including phenoxy) is 1. The summed E-state index contributed by atoms with van der Waals surface area (Å²) in [5, 5.41) is 15.4. The number of benzene rings is 1. The predicted octanol–water partition coefficient (Wildman–Crippen LogP) is 2.34. The fourth-order valence-electron chi connectivity index (χ4n) is 3.31. The van der Waals surface area contributed by atoms with Crippen molar-refractivity contribution in [2.45, 2.75) is 25.2 Å². The molecule has 0 saturated carbocycles. The summed E-state index contributed by atoms with van der Waals surface area (Å²) in [5.74, 6) is 2.27. The van der Waals surface area contributed by atoms with Gasteiger partial charge in [0.1, 0.15) is 23.5 Å². The molecule has 1 aromatic carbocycles. The van der Waals surface area contributed by atoms with Gasteiger partial charge in [-0.05, 0) is 23.8 Å². The fourth-order valence-corrected chi connectivity index (χ4v) is 3.31. The molecule has 1 aliphatic rings. The van der Waals surface area contributed by atoms with E-state index in [9.17, 15) is 0 Å². The van der Waals surface area contributed by atoms with Gasteiger partial charge in [0.25, 0.3) is 0 Å². The first-order chi connectivity index (χ1) is 14.7. The molecule has 30 heavy (non-hydrogen) atoms. The second-order valence-electron chi connectivity index (χ2n) is 6.82. The normalized spacial score (nSPS) is 17.9. The highest BCUT2D eigenvalue weighted by atomic mass is 16.5. The second kappa shape index (κ2) is 9.17. The van der Waals surface area contributed by atoms with Gasteiger partial charge in [0.05, 0.1) is 31.7 Å². The Kier molecular flexibility index (Phi) is 5.98. The second-order valence-corrected chi connectivity index (χ2v) is 6.82. The molecule has 9 nitrogen and oxygen atoms in total. The molecule has 0 spiro atoms. The molecule has 4 rings (SSSR count). The minimum Gasteiger partial charge on any atom is -0.496 e. The highest BCUT2D eigenvalue weighted by molar-refractivity contribution is 5.43. The minimum absolute atomic E-state index is 0.0348. The first-order valence-electron chi connectivity index (χ1n) is 9.56. The van der Waals surface area contributed by atoms with Gasteiger partial charge in [-0.2, -0.15) is 5.26 Å². The Morgan fingerprint density at radius 2 is 2.07 bits per heavy atom. The van der Waals surface area contributed by atoms with E-state index < -0.39 is 0 Å². The smallest absolute Gasteiger partial charge is 0.158 e. The average Bonchev–Trinajstić information content (AvgIpc) is 3.27. The lowest BCUT2D eigenvalue weighted by Crippen LogP contribution is -2.36. The van der Waals surface area contributed by atoms with Crippen LogP contribution in [0.4, 0.5) is 11.6 Å². The third-order valence-corrected chi connectivity index (χ3v) is 4.80. The Morgan fingerprint density at radius 3 is 2.80 bits per heavy atom. The number of nitrogens with zero attached hydrogens (tertiary/aromatic N) is 4. The Balaban J connectivity index is 1.39. The highest BCUT2D eigenvalue weighted by Crippen LogP contribution is 2.31. The van der Waals surface area contributed by atoms with Gasteiger partial charge in [-0.3, -0.25) is 0 Å². The molecule has 0 bridgehead atoms. The van der Waals surface area contributed by atoms with E-state index in [0.717, 1.165) is 29.1 Å². The maximum Gasteiger partial charge on any atom is 0.158 e. The van der Waals surface area contributed by atoms with Gasteiger partial charge < -0.3 is 15.4 Å². The first kappa shape index (κ1) is 19.6. The molecule has 0 amide bonds. The molecule has 152 valence electrons. The van der Waals surface area contributed by atoms with E-state index in [4.69, 9.17) is 10.00 Å². The molecule has 2 atom stereocenters. The van der Waals surface area contributed by atoms with E-state index in [1.807, 2.05) is 30.3 Å². The molecule has 3 aromatic rings. The van der Waals surface area contributed by atoms with Gasteiger partial charge in [0, 0.05) is 24.7 Å². The summed E-state index contributed by atoms with van der Waals surface area (Å²) in [6.45, 7) is 0.658. The van der Waals surface area contributed by atoms with Crippen LogP contribution in [0.2, 0.25) is 0 Å². The lowest BCUT2D eigenvalue weighted by atomic mass is 10.0. The van der Waals surface area contributed by atoms with Gasteiger partial charge in [-0.25, -0.2) is 25.8 Å². The number of rotatable bonds is 7. The van der Waals surface area contributed by atoms with Crippen LogP contribution in [0, 0.1) is 11.3 Å². The van der Waals surface area contributed by atoms with Crippen molar-refractivity contribution in [1.82, 2.24) is 25.8 Å². The molecule has 0 radical (unpaired) electrons. The number of aromatic nitrogens is 3. The SMILES string of the molecule is COc1cc(CNc2ccccn2)ccc1C1CC(Nc2cnc(C#N)cn2)NN1. The minimum atomic E-state index is -0.0348. The van der Waals surface area contributed by atoms with Crippen LogP contribution in [0.3, 0.4) is 0 Å². The Hall–Kier alpha value is -3.74. The summed E-state index contributed by atoms with van der Waals surface area (Å²) in [5.41, 5.74) is 8.99. The van der Waals surface area contributed by atoms with Crippen LogP contribution in [-0.4, -0.2) is 28.2 Å². The molecule has 3 heterocycles. The van der Waals surface area contributed by atoms with E-state index in [-0.39, 0.29) is 12.2 Å². The number of hydrogen-bond donors (Lipinski definition) is 4. The summed E-state index contributed by atoms with van der Waals surface area (Å²) in [7, 11) is 1.68. The predicted molar refractivity (Wildman–Crippen MR) is 112 cm³/mol. The Labute approximate surface area is 174 Å². The van der Waals surface area contributed by atoms with Crippen molar-refractivity contribution >= 4 is 11.6 Å². The quantitative estimate of drug-likeness (QED) is 0.472. The van der Waals surface area contributed by atoms with E-state index in [1.165, 1.54) is 6.20 Å². The molecule has 0 aliphatic carbocycles. The molecule has 2 unspecified atom stereocenters. The van der Waals surface area contributed by atoms with Crippen molar-refractivity contribution in [3.8, 4) is 11.8 Å². The summed E-state index contributed by atoms with van der Waals surface area (Å²) >= 11 is 0. The number of nitrogens with one attached hydrogen (secondary N) is 4. The number of pyridine rings is 1. The molecule has 4 N–H and O–H groups in total.